The van der Waals surface area contributed by atoms with Crippen molar-refractivity contribution in [1.82, 2.24) is 8.80 Å². The molecule has 0 radical (unpaired) electrons. The van der Waals surface area contributed by atoms with Crippen LogP contribution >= 0.6 is 0 Å². The van der Waals surface area contributed by atoms with Gasteiger partial charge in [-0.1, -0.05) is 36.4 Å². The molecule has 0 aliphatic rings. The Hall–Kier alpha value is -6.24. The number of ether oxygens (including phenoxy) is 5. The number of pyridine rings is 2. The molecule has 0 saturated heterocycles. The first-order valence-corrected chi connectivity index (χ1v) is 22.1. The van der Waals surface area contributed by atoms with Gasteiger partial charge in [-0.25, -0.2) is 0 Å². The van der Waals surface area contributed by atoms with Gasteiger partial charge >= 0.3 is 59.1 Å². The molecule has 4 heterocycles. The van der Waals surface area contributed by atoms with E-state index in [9.17, 15) is 29.4 Å². The molecule has 0 atom stereocenters. The van der Waals surface area contributed by atoms with Crippen LogP contribution in [-0.2, 0) is 14.2 Å². The number of benzene rings is 4. The Morgan fingerprint density at radius 1 is 0.479 bits per heavy atom. The molecule has 8 aromatic rings. The summed E-state index contributed by atoms with van der Waals surface area (Å²) in [6, 6.07) is 34.8. The number of carboxylic acid groups (broad SMARTS) is 2. The van der Waals surface area contributed by atoms with Crippen molar-refractivity contribution in [3.63, 3.8) is 0 Å². The molecule has 0 amide bonds. The summed E-state index contributed by atoms with van der Waals surface area (Å²) in [6.45, 7) is 6.69. The van der Waals surface area contributed by atoms with Crippen LogP contribution in [0, 0.1) is 13.8 Å². The molecule has 0 fully saturated rings. The largest absolute Gasteiger partial charge is 1.00 e. The van der Waals surface area contributed by atoms with Crippen LogP contribution in [0.2, 0.25) is 0 Å². The number of nitrogens with two attached hydrogens (primary N) is 2. The number of hydrogen-bond donors (Lipinski definition) is 2. The first-order chi connectivity index (χ1) is 33.4. The zero-order chi connectivity index (χ0) is 48.6. The molecule has 15 nitrogen and oxygen atoms in total. The molecule has 0 spiro atoms. The predicted molar refractivity (Wildman–Crippen MR) is 256 cm³/mol. The number of aromatic nitrogens is 2. The molecule has 0 aliphatic carbocycles. The minimum Gasteiger partial charge on any atom is -0.545 e. The number of rotatable bonds is 22. The summed E-state index contributed by atoms with van der Waals surface area (Å²) in [5, 5.41) is 23.2. The summed E-state index contributed by atoms with van der Waals surface area (Å²) in [6.07, 6.45) is 3.61. The normalized spacial score (nSPS) is 11.0. The summed E-state index contributed by atoms with van der Waals surface area (Å²) >= 11 is 0. The first kappa shape index (κ1) is 54.1. The van der Waals surface area contributed by atoms with E-state index in [0.717, 1.165) is 44.4 Å². The smallest absolute Gasteiger partial charge is 0.545 e. The predicted octanol–water partition coefficient (Wildman–Crippen LogP) is 0.0118. The van der Waals surface area contributed by atoms with Gasteiger partial charge in [0.2, 0.25) is 11.6 Å². The van der Waals surface area contributed by atoms with E-state index >= 15 is 0 Å². The number of hydrogen-bond acceptors (Lipinski definition) is 13. The molecular weight excluding hydrogens is 927 g/mol. The van der Waals surface area contributed by atoms with Crippen LogP contribution in [0.1, 0.15) is 63.9 Å². The standard InChI is InChI=1S/C54H50N4O11.2Na/c1-33-47(45-7-3-5-21-57(45)49(33)51(59)37-13-19-43(55)41(31-37)53(61)62)35-9-15-39(16-10-35)68-29-27-66-25-23-65-24-26-67-28-30-69-40-17-11-36(12-18-40)48-34(2)50(58-22-6-4-8-46(48)58)52(60)38-14-20-44(56)42(32-38)54(63)64;;/h3-22,31-32H,23-30,55-56H2,1-2H3,(H,61,62)(H,63,64);;/q;2*+1/p-2. The van der Waals surface area contributed by atoms with Crippen molar-refractivity contribution in [2.24, 2.45) is 0 Å². The first-order valence-electron chi connectivity index (χ1n) is 22.1. The van der Waals surface area contributed by atoms with Gasteiger partial charge < -0.3 is 63.8 Å². The maximum absolute atomic E-state index is 13.8. The molecule has 71 heavy (non-hydrogen) atoms. The molecular formula is C54H48N4Na2O11. The van der Waals surface area contributed by atoms with E-state index in [1.165, 1.54) is 36.4 Å². The quantitative estimate of drug-likeness (QED) is 0.0396. The van der Waals surface area contributed by atoms with Crippen LogP contribution in [0.25, 0.3) is 33.3 Å². The van der Waals surface area contributed by atoms with Crippen LogP contribution in [-0.4, -0.2) is 85.2 Å². The summed E-state index contributed by atoms with van der Waals surface area (Å²) < 4.78 is 32.4. The Morgan fingerprint density at radius 2 is 0.831 bits per heavy atom. The zero-order valence-electron chi connectivity index (χ0n) is 39.9. The molecule has 8 rings (SSSR count). The van der Waals surface area contributed by atoms with E-state index in [2.05, 4.69) is 0 Å². The second-order valence-corrected chi connectivity index (χ2v) is 16.0. The summed E-state index contributed by atoms with van der Waals surface area (Å²) in [5.74, 6) is -2.26. The number of aromatic carboxylic acids is 2. The number of carbonyl (C=O) groups excluding carboxylic acids is 4. The van der Waals surface area contributed by atoms with Gasteiger partial charge in [-0.15, -0.1) is 0 Å². The van der Waals surface area contributed by atoms with Gasteiger partial charge in [-0.3, -0.25) is 9.59 Å². The minimum absolute atomic E-state index is 0. The van der Waals surface area contributed by atoms with Crippen molar-refractivity contribution >= 4 is 45.9 Å². The summed E-state index contributed by atoms with van der Waals surface area (Å²) in [4.78, 5) is 50.7. The van der Waals surface area contributed by atoms with Crippen molar-refractivity contribution in [3.8, 4) is 33.8 Å². The van der Waals surface area contributed by atoms with Crippen molar-refractivity contribution < 1.29 is 112 Å². The van der Waals surface area contributed by atoms with Crippen LogP contribution in [0.5, 0.6) is 11.5 Å². The molecule has 0 aliphatic heterocycles. The third-order valence-electron chi connectivity index (χ3n) is 11.7. The molecule has 4 aromatic heterocycles. The van der Waals surface area contributed by atoms with E-state index in [-0.39, 0.29) is 104 Å². The molecule has 0 bridgehead atoms. The Kier molecular flexibility index (Phi) is 18.8. The fourth-order valence-corrected chi connectivity index (χ4v) is 8.39. The van der Waals surface area contributed by atoms with E-state index in [1.807, 2.05) is 108 Å². The Labute approximate surface area is 453 Å². The molecule has 352 valence electrons. The fourth-order valence-electron chi connectivity index (χ4n) is 8.39. The minimum atomic E-state index is -1.45. The van der Waals surface area contributed by atoms with Crippen molar-refractivity contribution in [2.75, 3.05) is 64.3 Å². The number of nitrogen functional groups attached to an aromatic ring is 2. The van der Waals surface area contributed by atoms with Gasteiger partial charge in [0, 0.05) is 57.1 Å². The topological polar surface area (TPSA) is 221 Å². The zero-order valence-corrected chi connectivity index (χ0v) is 43.9. The van der Waals surface area contributed by atoms with E-state index in [0.29, 0.717) is 75.7 Å². The van der Waals surface area contributed by atoms with Crippen LogP contribution in [0.4, 0.5) is 11.4 Å². The summed E-state index contributed by atoms with van der Waals surface area (Å²) in [5.41, 5.74) is 19.0. The molecule has 0 saturated carbocycles. The average molecular weight is 975 g/mol. The number of ketones is 2. The van der Waals surface area contributed by atoms with Crippen molar-refractivity contribution in [1.29, 1.82) is 0 Å². The van der Waals surface area contributed by atoms with Gasteiger partial charge in [0.1, 0.15) is 24.7 Å². The number of nitrogens with zero attached hydrogens (tertiary/aromatic N) is 2. The van der Waals surface area contributed by atoms with Crippen molar-refractivity contribution in [3.05, 3.63) is 178 Å². The third kappa shape index (κ3) is 12.1. The third-order valence-corrected chi connectivity index (χ3v) is 11.7. The number of anilines is 2. The van der Waals surface area contributed by atoms with E-state index in [4.69, 9.17) is 35.2 Å². The molecule has 17 heteroatoms. The van der Waals surface area contributed by atoms with Crippen LogP contribution in [0.3, 0.4) is 0 Å². The van der Waals surface area contributed by atoms with Gasteiger partial charge in [0.05, 0.1) is 74.0 Å². The second-order valence-electron chi connectivity index (χ2n) is 16.0. The van der Waals surface area contributed by atoms with Crippen LogP contribution < -0.4 is 90.3 Å². The summed E-state index contributed by atoms with van der Waals surface area (Å²) in [7, 11) is 0. The number of fused-ring (bicyclic) bond motifs is 2. The van der Waals surface area contributed by atoms with E-state index in [1.54, 1.807) is 12.4 Å². The maximum Gasteiger partial charge on any atom is 1.00 e. The van der Waals surface area contributed by atoms with Gasteiger partial charge in [0.15, 0.2) is 0 Å². The number of carbonyl (C=O) groups is 4. The Balaban J connectivity index is 0.00000413. The molecule has 0 unspecified atom stereocenters. The van der Waals surface area contributed by atoms with Gasteiger partial charge in [-0.2, -0.15) is 0 Å². The fraction of sp³-hybridized carbons (Fsp3) is 0.185. The average Bonchev–Trinajstić information content (AvgIpc) is 3.82. The monoisotopic (exact) mass is 974 g/mol. The second kappa shape index (κ2) is 24.7. The van der Waals surface area contributed by atoms with Crippen LogP contribution in [0.15, 0.2) is 134 Å². The van der Waals surface area contributed by atoms with Gasteiger partial charge in [-0.05, 0) is 121 Å². The SMILES string of the molecule is Cc1c(-c2ccc(OCCOCCOCCOCCOc3ccc(-c4c(C)c(C(=O)c5ccc(N)c(C(=O)[O-])c5)n5ccccc45)cc3)cc2)c2ccccn2c1C(=O)c1ccc(N)c(C(=O)[O-])c1.[Na+].[Na+]. The maximum atomic E-state index is 13.8. The Bertz CT molecular complexity index is 2990. The number of carboxylic acids is 2. The van der Waals surface area contributed by atoms with Crippen molar-refractivity contribution in [2.45, 2.75) is 13.8 Å². The molecule has 4 N–H and O–H groups in total. The van der Waals surface area contributed by atoms with Gasteiger partial charge in [0.25, 0.3) is 0 Å². The Morgan fingerprint density at radius 3 is 1.18 bits per heavy atom. The molecule has 4 aromatic carbocycles. The van der Waals surface area contributed by atoms with E-state index < -0.39 is 11.9 Å².